The summed E-state index contributed by atoms with van der Waals surface area (Å²) >= 11 is 0. The summed E-state index contributed by atoms with van der Waals surface area (Å²) < 4.78 is 0. The number of hydrogen-bond acceptors (Lipinski definition) is 2. The highest BCUT2D eigenvalue weighted by Crippen LogP contribution is 2.17. The summed E-state index contributed by atoms with van der Waals surface area (Å²) in [7, 11) is 2.06. The Labute approximate surface area is 102 Å². The van der Waals surface area contributed by atoms with E-state index in [-0.39, 0.29) is 0 Å². The van der Waals surface area contributed by atoms with Gasteiger partial charge in [-0.2, -0.15) is 0 Å². The van der Waals surface area contributed by atoms with E-state index in [9.17, 15) is 5.11 Å². The zero-order chi connectivity index (χ0) is 12.1. The maximum absolute atomic E-state index is 9.23. The van der Waals surface area contributed by atoms with Crippen LogP contribution >= 0.6 is 0 Å². The van der Waals surface area contributed by atoms with Gasteiger partial charge in [-0.3, -0.25) is 0 Å². The Morgan fingerprint density at radius 1 is 0.941 bits per heavy atom. The number of likely N-dealkylation sites (N-methyl/N-ethyl adjacent to an activating group) is 1. The van der Waals surface area contributed by atoms with Gasteiger partial charge in [-0.05, 0) is 36.2 Å². The first-order chi connectivity index (χ1) is 8.25. The van der Waals surface area contributed by atoms with Gasteiger partial charge in [0.15, 0.2) is 0 Å². The number of rotatable bonds is 4. The number of phenolic OH excluding ortho intramolecular Hbond substituents is 1. The molecule has 88 valence electrons. The van der Waals surface area contributed by atoms with Crippen molar-refractivity contribution in [1.29, 1.82) is 0 Å². The molecular formula is C15H17NO. The number of anilines is 1. The molecule has 0 heterocycles. The summed E-state index contributed by atoms with van der Waals surface area (Å²) in [5.74, 6) is 0.310. The SMILES string of the molecule is CN(CCc1ccccc1)c1ccc(O)cc1. The van der Waals surface area contributed by atoms with Gasteiger partial charge in [-0.25, -0.2) is 0 Å². The lowest BCUT2D eigenvalue weighted by Gasteiger charge is -2.19. The molecule has 2 rings (SSSR count). The van der Waals surface area contributed by atoms with E-state index in [1.807, 2.05) is 18.2 Å². The number of nitrogens with zero attached hydrogens (tertiary/aromatic N) is 1. The van der Waals surface area contributed by atoms with Crippen molar-refractivity contribution >= 4 is 5.69 Å². The summed E-state index contributed by atoms with van der Waals surface area (Å²) in [6, 6.07) is 17.7. The maximum Gasteiger partial charge on any atom is 0.115 e. The minimum atomic E-state index is 0.310. The normalized spacial score (nSPS) is 10.2. The van der Waals surface area contributed by atoms with Crippen LogP contribution in [0.25, 0.3) is 0 Å². The number of benzene rings is 2. The van der Waals surface area contributed by atoms with Gasteiger partial charge in [0.2, 0.25) is 0 Å². The second kappa shape index (κ2) is 5.39. The number of hydrogen-bond donors (Lipinski definition) is 1. The molecule has 0 saturated heterocycles. The molecule has 2 heteroatoms. The van der Waals surface area contributed by atoms with Gasteiger partial charge in [0.1, 0.15) is 5.75 Å². The second-order valence-electron chi connectivity index (χ2n) is 4.17. The molecule has 0 atom stereocenters. The summed E-state index contributed by atoms with van der Waals surface area (Å²) in [5, 5.41) is 9.23. The summed E-state index contributed by atoms with van der Waals surface area (Å²) in [5.41, 5.74) is 2.47. The van der Waals surface area contributed by atoms with Crippen molar-refractivity contribution in [2.75, 3.05) is 18.5 Å². The van der Waals surface area contributed by atoms with E-state index in [0.29, 0.717) is 5.75 Å². The first kappa shape index (κ1) is 11.5. The van der Waals surface area contributed by atoms with Crippen LogP contribution < -0.4 is 4.90 Å². The van der Waals surface area contributed by atoms with Crippen molar-refractivity contribution in [2.24, 2.45) is 0 Å². The van der Waals surface area contributed by atoms with Crippen LogP contribution in [0.2, 0.25) is 0 Å². The Morgan fingerprint density at radius 3 is 2.24 bits per heavy atom. The molecule has 0 radical (unpaired) electrons. The number of aromatic hydroxyl groups is 1. The van der Waals surface area contributed by atoms with Gasteiger partial charge in [0.25, 0.3) is 0 Å². The van der Waals surface area contributed by atoms with Gasteiger partial charge < -0.3 is 10.0 Å². The lowest BCUT2D eigenvalue weighted by atomic mass is 10.1. The standard InChI is InChI=1S/C15H17NO/c1-16(14-7-9-15(17)10-8-14)12-11-13-5-3-2-4-6-13/h2-10,17H,11-12H2,1H3. The Bertz CT molecular complexity index is 450. The third-order valence-corrected chi connectivity index (χ3v) is 2.87. The van der Waals surface area contributed by atoms with Gasteiger partial charge in [0.05, 0.1) is 0 Å². The van der Waals surface area contributed by atoms with Crippen LogP contribution in [0.15, 0.2) is 54.6 Å². The first-order valence-corrected chi connectivity index (χ1v) is 5.80. The summed E-state index contributed by atoms with van der Waals surface area (Å²) in [4.78, 5) is 2.19. The lowest BCUT2D eigenvalue weighted by Crippen LogP contribution is -2.20. The van der Waals surface area contributed by atoms with E-state index in [0.717, 1.165) is 18.7 Å². The fourth-order valence-corrected chi connectivity index (χ4v) is 1.78. The third-order valence-electron chi connectivity index (χ3n) is 2.87. The molecule has 0 aliphatic rings. The summed E-state index contributed by atoms with van der Waals surface area (Å²) in [6.07, 6.45) is 1.03. The molecule has 1 N–H and O–H groups in total. The molecule has 0 unspecified atom stereocenters. The van der Waals surface area contributed by atoms with E-state index in [4.69, 9.17) is 0 Å². The second-order valence-corrected chi connectivity index (χ2v) is 4.17. The Balaban J connectivity index is 1.93. The maximum atomic E-state index is 9.23. The van der Waals surface area contributed by atoms with E-state index in [1.165, 1.54) is 5.56 Å². The Morgan fingerprint density at radius 2 is 1.59 bits per heavy atom. The lowest BCUT2D eigenvalue weighted by molar-refractivity contribution is 0.475. The Kier molecular flexibility index (Phi) is 3.66. The molecule has 0 aliphatic heterocycles. The predicted octanol–water partition coefficient (Wildman–Crippen LogP) is 3.07. The van der Waals surface area contributed by atoms with Crippen LogP contribution in [0.4, 0.5) is 5.69 Å². The van der Waals surface area contributed by atoms with E-state index in [2.05, 4.69) is 36.2 Å². The van der Waals surface area contributed by atoms with Crippen molar-refractivity contribution in [2.45, 2.75) is 6.42 Å². The van der Waals surface area contributed by atoms with Crippen molar-refractivity contribution in [3.8, 4) is 5.75 Å². The minimum Gasteiger partial charge on any atom is -0.508 e. The van der Waals surface area contributed by atoms with Crippen LogP contribution in [-0.4, -0.2) is 18.7 Å². The molecule has 0 spiro atoms. The van der Waals surface area contributed by atoms with E-state index in [1.54, 1.807) is 12.1 Å². The Hall–Kier alpha value is -1.96. The smallest absolute Gasteiger partial charge is 0.115 e. The van der Waals surface area contributed by atoms with Gasteiger partial charge in [-0.15, -0.1) is 0 Å². The molecule has 0 amide bonds. The van der Waals surface area contributed by atoms with Crippen LogP contribution in [-0.2, 0) is 6.42 Å². The van der Waals surface area contributed by atoms with Crippen molar-refractivity contribution in [1.82, 2.24) is 0 Å². The molecule has 17 heavy (non-hydrogen) atoms. The molecule has 2 aromatic carbocycles. The van der Waals surface area contributed by atoms with Crippen molar-refractivity contribution in [3.63, 3.8) is 0 Å². The van der Waals surface area contributed by atoms with E-state index < -0.39 is 0 Å². The average Bonchev–Trinajstić information content (AvgIpc) is 2.38. The van der Waals surface area contributed by atoms with Gasteiger partial charge in [0, 0.05) is 19.3 Å². The molecule has 2 nitrogen and oxygen atoms in total. The van der Waals surface area contributed by atoms with Crippen LogP contribution in [0.3, 0.4) is 0 Å². The molecule has 0 bridgehead atoms. The first-order valence-electron chi connectivity index (χ1n) is 5.80. The topological polar surface area (TPSA) is 23.5 Å². The van der Waals surface area contributed by atoms with E-state index >= 15 is 0 Å². The molecule has 0 fully saturated rings. The minimum absolute atomic E-state index is 0.310. The molecule has 0 aromatic heterocycles. The molecule has 0 saturated carbocycles. The quantitative estimate of drug-likeness (QED) is 0.867. The van der Waals surface area contributed by atoms with Gasteiger partial charge >= 0.3 is 0 Å². The van der Waals surface area contributed by atoms with Gasteiger partial charge in [-0.1, -0.05) is 30.3 Å². The average molecular weight is 227 g/mol. The fraction of sp³-hybridized carbons (Fsp3) is 0.200. The monoisotopic (exact) mass is 227 g/mol. The number of phenols is 1. The zero-order valence-corrected chi connectivity index (χ0v) is 10.0. The van der Waals surface area contributed by atoms with Crippen LogP contribution in [0, 0.1) is 0 Å². The third kappa shape index (κ3) is 3.25. The zero-order valence-electron chi connectivity index (χ0n) is 10.0. The highest BCUT2D eigenvalue weighted by molar-refractivity contribution is 5.48. The summed E-state index contributed by atoms with van der Waals surface area (Å²) in [6.45, 7) is 0.967. The largest absolute Gasteiger partial charge is 0.508 e. The van der Waals surface area contributed by atoms with Crippen molar-refractivity contribution < 1.29 is 5.11 Å². The molecular weight excluding hydrogens is 210 g/mol. The predicted molar refractivity (Wildman–Crippen MR) is 71.5 cm³/mol. The fourth-order valence-electron chi connectivity index (χ4n) is 1.78. The highest BCUT2D eigenvalue weighted by Gasteiger charge is 2.01. The molecule has 2 aromatic rings. The van der Waals surface area contributed by atoms with Crippen molar-refractivity contribution in [3.05, 3.63) is 60.2 Å². The van der Waals surface area contributed by atoms with Crippen LogP contribution in [0.1, 0.15) is 5.56 Å². The molecule has 0 aliphatic carbocycles. The highest BCUT2D eigenvalue weighted by atomic mass is 16.3. The van der Waals surface area contributed by atoms with Crippen LogP contribution in [0.5, 0.6) is 5.75 Å².